The Labute approximate surface area is 112 Å². The molecular weight excluding hydrogens is 244 g/mol. The Morgan fingerprint density at radius 3 is 2.56 bits per heavy atom. The number of nitrogens with zero attached hydrogens (tertiary/aromatic N) is 1. The van der Waals surface area contributed by atoms with Gasteiger partial charge in [-0.25, -0.2) is 0 Å². The summed E-state index contributed by atoms with van der Waals surface area (Å²) in [7, 11) is 2.09. The first-order valence-electron chi connectivity index (χ1n) is 6.12. The van der Waals surface area contributed by atoms with E-state index in [2.05, 4.69) is 31.0 Å². The molecule has 0 bridgehead atoms. The molecule has 3 nitrogen and oxygen atoms in total. The van der Waals surface area contributed by atoms with Gasteiger partial charge in [0.15, 0.2) is 0 Å². The van der Waals surface area contributed by atoms with E-state index >= 15 is 0 Å². The molecule has 0 aromatic carbocycles. The van der Waals surface area contributed by atoms with Gasteiger partial charge in [-0.15, -0.1) is 11.3 Å². The lowest BCUT2D eigenvalue weighted by Crippen LogP contribution is -2.29. The third kappa shape index (κ3) is 3.02. The molecule has 0 amide bonds. The summed E-state index contributed by atoms with van der Waals surface area (Å²) in [5.41, 5.74) is 5.91. The minimum Gasteiger partial charge on any atom is -0.465 e. The van der Waals surface area contributed by atoms with Gasteiger partial charge in [0.05, 0.1) is 12.6 Å². The molecule has 2 aromatic heterocycles. The number of nitrogens with two attached hydrogens (primary N) is 1. The predicted octanol–water partition coefficient (Wildman–Crippen LogP) is 3.09. The third-order valence-corrected chi connectivity index (χ3v) is 4.15. The molecule has 0 aliphatic rings. The molecule has 0 fully saturated rings. The quantitative estimate of drug-likeness (QED) is 0.902. The molecule has 0 aliphatic heterocycles. The van der Waals surface area contributed by atoms with E-state index in [1.807, 2.05) is 30.4 Å². The van der Waals surface area contributed by atoms with E-state index in [-0.39, 0.29) is 6.04 Å². The molecule has 2 heterocycles. The number of hydrogen-bond acceptors (Lipinski definition) is 4. The number of aryl methyl sites for hydroxylation is 2. The highest BCUT2D eigenvalue weighted by molar-refractivity contribution is 7.12. The molecule has 0 spiro atoms. The fraction of sp³-hybridized carbons (Fsp3) is 0.429. The largest absolute Gasteiger partial charge is 0.465 e. The van der Waals surface area contributed by atoms with Gasteiger partial charge in [0.2, 0.25) is 0 Å². The van der Waals surface area contributed by atoms with Crippen molar-refractivity contribution in [3.8, 4) is 0 Å². The Balaban J connectivity index is 2.08. The Kier molecular flexibility index (Phi) is 4.22. The van der Waals surface area contributed by atoms with Crippen LogP contribution in [0.2, 0.25) is 0 Å². The van der Waals surface area contributed by atoms with Crippen molar-refractivity contribution in [3.05, 3.63) is 45.5 Å². The topological polar surface area (TPSA) is 42.4 Å². The average molecular weight is 264 g/mol. The molecular formula is C14H20N2OS. The second kappa shape index (κ2) is 5.69. The molecule has 18 heavy (non-hydrogen) atoms. The van der Waals surface area contributed by atoms with Crippen LogP contribution in [0.25, 0.3) is 0 Å². The van der Waals surface area contributed by atoms with Crippen molar-refractivity contribution in [2.24, 2.45) is 5.73 Å². The van der Waals surface area contributed by atoms with Gasteiger partial charge in [-0.05, 0) is 45.2 Å². The highest BCUT2D eigenvalue weighted by atomic mass is 32.1. The first kappa shape index (κ1) is 13.3. The van der Waals surface area contributed by atoms with Gasteiger partial charge in [0.1, 0.15) is 11.5 Å². The van der Waals surface area contributed by atoms with Crippen molar-refractivity contribution in [1.29, 1.82) is 0 Å². The zero-order chi connectivity index (χ0) is 13.1. The lowest BCUT2D eigenvalue weighted by atomic mass is 10.2. The number of likely N-dealkylation sites (N-methyl/N-ethyl adjacent to an activating group) is 1. The van der Waals surface area contributed by atoms with Crippen LogP contribution in [0.3, 0.4) is 0 Å². The van der Waals surface area contributed by atoms with Crippen LogP contribution in [0, 0.1) is 13.8 Å². The summed E-state index contributed by atoms with van der Waals surface area (Å²) in [5.74, 6) is 1.94. The van der Waals surface area contributed by atoms with Gasteiger partial charge >= 0.3 is 0 Å². The summed E-state index contributed by atoms with van der Waals surface area (Å²) in [4.78, 5) is 4.88. The second-order valence-corrected chi connectivity index (χ2v) is 5.95. The molecule has 4 heteroatoms. The van der Waals surface area contributed by atoms with Crippen molar-refractivity contribution in [2.75, 3.05) is 13.6 Å². The van der Waals surface area contributed by atoms with Gasteiger partial charge < -0.3 is 10.2 Å². The van der Waals surface area contributed by atoms with Crippen molar-refractivity contribution in [3.63, 3.8) is 0 Å². The molecule has 0 aliphatic carbocycles. The number of rotatable bonds is 5. The molecule has 2 N–H and O–H groups in total. The third-order valence-electron chi connectivity index (χ3n) is 3.05. The minimum atomic E-state index is 0.258. The highest BCUT2D eigenvalue weighted by Crippen LogP contribution is 2.27. The van der Waals surface area contributed by atoms with Crippen LogP contribution in [-0.4, -0.2) is 18.5 Å². The van der Waals surface area contributed by atoms with Gasteiger partial charge in [-0.2, -0.15) is 0 Å². The van der Waals surface area contributed by atoms with Crippen LogP contribution in [0.1, 0.15) is 27.3 Å². The van der Waals surface area contributed by atoms with Gasteiger partial charge in [-0.3, -0.25) is 4.90 Å². The molecule has 0 saturated heterocycles. The van der Waals surface area contributed by atoms with Gasteiger partial charge in [-0.1, -0.05) is 0 Å². The predicted molar refractivity (Wildman–Crippen MR) is 75.8 cm³/mol. The molecule has 2 aromatic rings. The summed E-state index contributed by atoms with van der Waals surface area (Å²) in [5, 5.41) is 0. The van der Waals surface area contributed by atoms with Gasteiger partial charge in [0, 0.05) is 16.3 Å². The lowest BCUT2D eigenvalue weighted by Gasteiger charge is -2.25. The van der Waals surface area contributed by atoms with Crippen LogP contribution < -0.4 is 5.73 Å². The summed E-state index contributed by atoms with van der Waals surface area (Å²) in [6.07, 6.45) is 0. The zero-order valence-corrected chi connectivity index (χ0v) is 12.0. The van der Waals surface area contributed by atoms with Crippen LogP contribution in [0.4, 0.5) is 0 Å². The van der Waals surface area contributed by atoms with E-state index in [0.29, 0.717) is 6.54 Å². The standard InChI is InChI=1S/C14H20N2OS/c1-10-4-6-12(17-10)9-16(3)13(8-15)14-7-5-11(2)18-14/h4-7,13H,8-9,15H2,1-3H3. The van der Waals surface area contributed by atoms with Crippen LogP contribution in [0.15, 0.2) is 28.7 Å². The van der Waals surface area contributed by atoms with E-state index < -0.39 is 0 Å². The fourth-order valence-corrected chi connectivity index (χ4v) is 3.13. The highest BCUT2D eigenvalue weighted by Gasteiger charge is 2.18. The van der Waals surface area contributed by atoms with E-state index in [1.165, 1.54) is 9.75 Å². The van der Waals surface area contributed by atoms with Crippen molar-refractivity contribution in [2.45, 2.75) is 26.4 Å². The smallest absolute Gasteiger partial charge is 0.118 e. The monoisotopic (exact) mass is 264 g/mol. The summed E-state index contributed by atoms with van der Waals surface area (Å²) in [6, 6.07) is 8.60. The summed E-state index contributed by atoms with van der Waals surface area (Å²) in [6.45, 7) is 5.49. The van der Waals surface area contributed by atoms with Crippen LogP contribution in [0.5, 0.6) is 0 Å². The lowest BCUT2D eigenvalue weighted by molar-refractivity contribution is 0.224. The van der Waals surface area contributed by atoms with Crippen LogP contribution >= 0.6 is 11.3 Å². The maximum Gasteiger partial charge on any atom is 0.118 e. The van der Waals surface area contributed by atoms with Crippen molar-refractivity contribution >= 4 is 11.3 Å². The first-order chi connectivity index (χ1) is 8.60. The molecule has 98 valence electrons. The van der Waals surface area contributed by atoms with Crippen LogP contribution in [-0.2, 0) is 6.54 Å². The Morgan fingerprint density at radius 2 is 2.06 bits per heavy atom. The maximum atomic E-state index is 5.91. The number of hydrogen-bond donors (Lipinski definition) is 1. The molecule has 2 rings (SSSR count). The van der Waals surface area contributed by atoms with Crippen molar-refractivity contribution in [1.82, 2.24) is 4.90 Å². The molecule has 0 radical (unpaired) electrons. The SMILES string of the molecule is Cc1ccc(CN(C)C(CN)c2ccc(C)s2)o1. The first-order valence-corrected chi connectivity index (χ1v) is 6.93. The second-order valence-electron chi connectivity index (χ2n) is 4.63. The maximum absolute atomic E-state index is 5.91. The Hall–Kier alpha value is -1.10. The number of thiophene rings is 1. The molecule has 1 atom stereocenters. The van der Waals surface area contributed by atoms with E-state index in [4.69, 9.17) is 10.2 Å². The van der Waals surface area contributed by atoms with E-state index in [9.17, 15) is 0 Å². The normalized spacial score (nSPS) is 13.2. The molecule has 1 unspecified atom stereocenters. The summed E-state index contributed by atoms with van der Waals surface area (Å²) < 4.78 is 5.61. The van der Waals surface area contributed by atoms with E-state index in [1.54, 1.807) is 0 Å². The van der Waals surface area contributed by atoms with E-state index in [0.717, 1.165) is 18.1 Å². The zero-order valence-electron chi connectivity index (χ0n) is 11.1. The Morgan fingerprint density at radius 1 is 1.28 bits per heavy atom. The summed E-state index contributed by atoms with van der Waals surface area (Å²) >= 11 is 1.81. The van der Waals surface area contributed by atoms with Gasteiger partial charge in [0.25, 0.3) is 0 Å². The number of furan rings is 1. The fourth-order valence-electron chi connectivity index (χ4n) is 2.07. The Bertz CT molecular complexity index is 503. The van der Waals surface area contributed by atoms with Crippen molar-refractivity contribution < 1.29 is 4.42 Å². The molecule has 0 saturated carbocycles. The minimum absolute atomic E-state index is 0.258. The average Bonchev–Trinajstić information content (AvgIpc) is 2.89.